The van der Waals surface area contributed by atoms with Crippen molar-refractivity contribution in [3.05, 3.63) is 52.3 Å². The zero-order chi connectivity index (χ0) is 16.2. The summed E-state index contributed by atoms with van der Waals surface area (Å²) in [7, 11) is 1.87. The molecule has 2 atom stereocenters. The van der Waals surface area contributed by atoms with Gasteiger partial charge in [0.1, 0.15) is 0 Å². The highest BCUT2D eigenvalue weighted by molar-refractivity contribution is 9.10. The number of hydrogen-bond donors (Lipinski definition) is 2. The van der Waals surface area contributed by atoms with E-state index in [1.807, 2.05) is 13.2 Å². The number of aliphatic hydroxyl groups is 1. The Labute approximate surface area is 146 Å². The van der Waals surface area contributed by atoms with Gasteiger partial charge in [-0.2, -0.15) is 5.10 Å². The molecular formula is C18H24BrN3O. The summed E-state index contributed by atoms with van der Waals surface area (Å²) < 4.78 is 2.84. The summed E-state index contributed by atoms with van der Waals surface area (Å²) in [5.41, 5.74) is 2.21. The summed E-state index contributed by atoms with van der Waals surface area (Å²) in [6.07, 6.45) is 8.02. The van der Waals surface area contributed by atoms with Crippen molar-refractivity contribution < 1.29 is 5.11 Å². The lowest BCUT2D eigenvalue weighted by Gasteiger charge is -2.35. The van der Waals surface area contributed by atoms with Crippen molar-refractivity contribution in [2.45, 2.75) is 37.8 Å². The monoisotopic (exact) mass is 377 g/mol. The molecule has 2 aromatic rings. The molecule has 4 nitrogen and oxygen atoms in total. The lowest BCUT2D eigenvalue weighted by Crippen LogP contribution is -2.42. The number of aryl methyl sites for hydroxylation is 1. The Balaban J connectivity index is 1.59. The van der Waals surface area contributed by atoms with Crippen LogP contribution < -0.4 is 5.32 Å². The lowest BCUT2D eigenvalue weighted by molar-refractivity contribution is 0.151. The quantitative estimate of drug-likeness (QED) is 0.778. The van der Waals surface area contributed by atoms with Crippen LogP contribution in [0.3, 0.4) is 0 Å². The molecular weight excluding hydrogens is 354 g/mol. The van der Waals surface area contributed by atoms with Crippen LogP contribution in [0.25, 0.3) is 0 Å². The van der Waals surface area contributed by atoms with Crippen LogP contribution in [-0.4, -0.2) is 27.5 Å². The van der Waals surface area contributed by atoms with Gasteiger partial charge in [0.05, 0.1) is 12.3 Å². The van der Waals surface area contributed by atoms with Gasteiger partial charge in [-0.05, 0) is 42.9 Å². The summed E-state index contributed by atoms with van der Waals surface area (Å²) in [6, 6.07) is 8.97. The van der Waals surface area contributed by atoms with Crippen LogP contribution >= 0.6 is 15.9 Å². The van der Waals surface area contributed by atoms with Crippen LogP contribution in [-0.2, 0) is 13.5 Å². The molecule has 1 aliphatic carbocycles. The molecule has 1 aliphatic rings. The minimum atomic E-state index is -0.504. The van der Waals surface area contributed by atoms with Gasteiger partial charge in [0.2, 0.25) is 0 Å². The van der Waals surface area contributed by atoms with Crippen molar-refractivity contribution in [3.63, 3.8) is 0 Å². The second-order valence-corrected chi connectivity index (χ2v) is 7.42. The average Bonchev–Trinajstić information content (AvgIpc) is 2.91. The minimum Gasteiger partial charge on any atom is -0.387 e. The minimum absolute atomic E-state index is 0.427. The second-order valence-electron chi connectivity index (χ2n) is 6.50. The third kappa shape index (κ3) is 4.43. The number of aromatic nitrogens is 2. The molecule has 0 bridgehead atoms. The van der Waals surface area contributed by atoms with Crippen LogP contribution in [0.4, 0.5) is 0 Å². The van der Waals surface area contributed by atoms with Gasteiger partial charge in [0, 0.05) is 35.9 Å². The van der Waals surface area contributed by atoms with E-state index in [1.165, 1.54) is 24.8 Å². The molecule has 23 heavy (non-hydrogen) atoms. The summed E-state index contributed by atoms with van der Waals surface area (Å²) in [5, 5.41) is 18.1. The fourth-order valence-corrected chi connectivity index (χ4v) is 3.38. The van der Waals surface area contributed by atoms with Gasteiger partial charge in [-0.15, -0.1) is 0 Å². The Morgan fingerprint density at radius 1 is 1.35 bits per heavy atom. The van der Waals surface area contributed by atoms with Gasteiger partial charge < -0.3 is 10.4 Å². The number of benzene rings is 1. The van der Waals surface area contributed by atoms with Crippen molar-refractivity contribution in [2.24, 2.45) is 13.0 Å². The van der Waals surface area contributed by atoms with Gasteiger partial charge in [0.25, 0.3) is 0 Å². The second kappa shape index (κ2) is 7.60. The molecule has 3 rings (SSSR count). The van der Waals surface area contributed by atoms with E-state index in [9.17, 15) is 5.11 Å². The molecule has 2 N–H and O–H groups in total. The maximum absolute atomic E-state index is 10.3. The topological polar surface area (TPSA) is 50.1 Å². The first-order chi connectivity index (χ1) is 11.1. The van der Waals surface area contributed by atoms with Crippen molar-refractivity contribution >= 4 is 15.9 Å². The van der Waals surface area contributed by atoms with Crippen molar-refractivity contribution in [1.29, 1.82) is 0 Å². The molecule has 1 saturated carbocycles. The summed E-state index contributed by atoms with van der Waals surface area (Å²) in [5.74, 6) is 0.722. The Morgan fingerprint density at radius 3 is 2.65 bits per heavy atom. The summed E-state index contributed by atoms with van der Waals surface area (Å²) in [4.78, 5) is 0. The molecule has 0 aliphatic heterocycles. The molecule has 1 aromatic carbocycles. The van der Waals surface area contributed by atoms with E-state index >= 15 is 0 Å². The predicted molar refractivity (Wildman–Crippen MR) is 95.1 cm³/mol. The fraction of sp³-hybridized carbons (Fsp3) is 0.500. The Bertz CT molecular complexity index is 621. The Hall–Kier alpha value is -1.17. The molecule has 1 heterocycles. The third-order valence-corrected chi connectivity index (χ3v) is 5.30. The highest BCUT2D eigenvalue weighted by Crippen LogP contribution is 2.31. The summed E-state index contributed by atoms with van der Waals surface area (Å²) >= 11 is 3.49. The van der Waals surface area contributed by atoms with Crippen LogP contribution in [0.1, 0.15) is 36.5 Å². The molecule has 1 aromatic heterocycles. The summed E-state index contributed by atoms with van der Waals surface area (Å²) in [6.45, 7) is 0.573. The van der Waals surface area contributed by atoms with Gasteiger partial charge >= 0.3 is 0 Å². The fourth-order valence-electron chi connectivity index (χ4n) is 3.12. The first kappa shape index (κ1) is 16.7. The number of nitrogens with zero attached hydrogens (tertiary/aromatic N) is 2. The molecule has 0 saturated heterocycles. The standard InChI is InChI=1S/C18H24BrN3O/c1-22-12-15(10-21-22)18(23)11-20-17(14-3-2-4-14)9-13-5-7-16(19)8-6-13/h5-8,10,12,14,17-18,20,23H,2-4,9,11H2,1H3. The van der Waals surface area contributed by atoms with E-state index in [1.54, 1.807) is 10.9 Å². The SMILES string of the molecule is Cn1cc(C(O)CNC(Cc2ccc(Br)cc2)C2CCC2)cn1. The van der Waals surface area contributed by atoms with Gasteiger partial charge in [-0.25, -0.2) is 0 Å². The van der Waals surface area contributed by atoms with Crippen LogP contribution in [0.5, 0.6) is 0 Å². The number of aliphatic hydroxyl groups excluding tert-OH is 1. The number of halogens is 1. The van der Waals surface area contributed by atoms with Crippen LogP contribution in [0, 0.1) is 5.92 Å². The zero-order valence-corrected chi connectivity index (χ0v) is 15.0. The lowest BCUT2D eigenvalue weighted by atomic mass is 9.77. The number of hydrogen-bond acceptors (Lipinski definition) is 3. The van der Waals surface area contributed by atoms with E-state index in [0.717, 1.165) is 22.4 Å². The molecule has 124 valence electrons. The smallest absolute Gasteiger partial charge is 0.0944 e. The maximum atomic E-state index is 10.3. The Kier molecular flexibility index (Phi) is 5.51. The van der Waals surface area contributed by atoms with Crippen LogP contribution in [0.2, 0.25) is 0 Å². The van der Waals surface area contributed by atoms with E-state index in [2.05, 4.69) is 50.6 Å². The first-order valence-electron chi connectivity index (χ1n) is 8.26. The number of rotatable bonds is 7. The van der Waals surface area contributed by atoms with Crippen molar-refractivity contribution in [1.82, 2.24) is 15.1 Å². The van der Waals surface area contributed by atoms with E-state index in [-0.39, 0.29) is 0 Å². The highest BCUT2D eigenvalue weighted by Gasteiger charge is 2.27. The molecule has 2 unspecified atom stereocenters. The van der Waals surface area contributed by atoms with Gasteiger partial charge in [-0.3, -0.25) is 4.68 Å². The largest absolute Gasteiger partial charge is 0.387 e. The average molecular weight is 378 g/mol. The third-order valence-electron chi connectivity index (χ3n) is 4.77. The molecule has 5 heteroatoms. The molecule has 0 amide bonds. The highest BCUT2D eigenvalue weighted by atomic mass is 79.9. The van der Waals surface area contributed by atoms with Crippen molar-refractivity contribution in [2.75, 3.05) is 6.54 Å². The van der Waals surface area contributed by atoms with Gasteiger partial charge in [-0.1, -0.05) is 34.5 Å². The molecule has 0 spiro atoms. The number of nitrogens with one attached hydrogen (secondary N) is 1. The van der Waals surface area contributed by atoms with Gasteiger partial charge in [0.15, 0.2) is 0 Å². The molecule has 1 fully saturated rings. The maximum Gasteiger partial charge on any atom is 0.0944 e. The first-order valence-corrected chi connectivity index (χ1v) is 9.05. The Morgan fingerprint density at radius 2 is 2.09 bits per heavy atom. The van der Waals surface area contributed by atoms with E-state index in [0.29, 0.717) is 12.6 Å². The predicted octanol–water partition coefficient (Wildman–Crippen LogP) is 3.22. The zero-order valence-electron chi connectivity index (χ0n) is 13.5. The van der Waals surface area contributed by atoms with Crippen LogP contribution in [0.15, 0.2) is 41.1 Å². The molecule has 0 radical (unpaired) electrons. The van der Waals surface area contributed by atoms with E-state index < -0.39 is 6.10 Å². The van der Waals surface area contributed by atoms with E-state index in [4.69, 9.17) is 0 Å². The normalized spacial score (nSPS) is 17.7. The van der Waals surface area contributed by atoms with Crippen molar-refractivity contribution in [3.8, 4) is 0 Å².